The van der Waals surface area contributed by atoms with Crippen LogP contribution < -0.4 is 15.2 Å². The van der Waals surface area contributed by atoms with Gasteiger partial charge >= 0.3 is 0 Å². The summed E-state index contributed by atoms with van der Waals surface area (Å²) < 4.78 is 12.2. The SMILES string of the molecule is CCOc1cccc(Oc2ccc([C@@H](C)N)c(Br)c2)c1. The topological polar surface area (TPSA) is 44.5 Å². The Kier molecular flexibility index (Phi) is 5.04. The van der Waals surface area contributed by atoms with Crippen LogP contribution in [0, 0.1) is 0 Å². The van der Waals surface area contributed by atoms with Crippen molar-refractivity contribution < 1.29 is 9.47 Å². The average molecular weight is 336 g/mol. The van der Waals surface area contributed by atoms with Crippen molar-refractivity contribution in [1.82, 2.24) is 0 Å². The summed E-state index contributed by atoms with van der Waals surface area (Å²) in [6, 6.07) is 13.4. The van der Waals surface area contributed by atoms with E-state index in [2.05, 4.69) is 15.9 Å². The molecule has 0 amide bonds. The molecule has 0 aromatic heterocycles. The number of halogens is 1. The maximum Gasteiger partial charge on any atom is 0.131 e. The van der Waals surface area contributed by atoms with Crippen LogP contribution in [0.3, 0.4) is 0 Å². The number of rotatable bonds is 5. The van der Waals surface area contributed by atoms with Crippen LogP contribution >= 0.6 is 15.9 Å². The van der Waals surface area contributed by atoms with Gasteiger partial charge in [0.2, 0.25) is 0 Å². The fourth-order valence-electron chi connectivity index (χ4n) is 1.87. The highest BCUT2D eigenvalue weighted by molar-refractivity contribution is 9.10. The third-order valence-corrected chi connectivity index (χ3v) is 3.50. The standard InChI is InChI=1S/C16H18BrNO2/c1-3-19-12-5-4-6-13(9-12)20-14-7-8-15(11(2)18)16(17)10-14/h4-11H,3,18H2,1-2H3/t11-/m1/s1. The molecule has 106 valence electrons. The molecule has 3 nitrogen and oxygen atoms in total. The summed E-state index contributed by atoms with van der Waals surface area (Å²) in [6.45, 7) is 4.54. The lowest BCUT2D eigenvalue weighted by Gasteiger charge is -2.12. The van der Waals surface area contributed by atoms with Gasteiger partial charge in [-0.1, -0.05) is 28.1 Å². The molecule has 2 aromatic carbocycles. The van der Waals surface area contributed by atoms with Crippen LogP contribution in [0.2, 0.25) is 0 Å². The molecular weight excluding hydrogens is 318 g/mol. The van der Waals surface area contributed by atoms with Crippen LogP contribution in [-0.2, 0) is 0 Å². The molecule has 0 aliphatic carbocycles. The Bertz CT molecular complexity index is 584. The van der Waals surface area contributed by atoms with Crippen LogP contribution in [0.1, 0.15) is 25.5 Å². The van der Waals surface area contributed by atoms with Gasteiger partial charge in [-0.3, -0.25) is 0 Å². The molecule has 0 spiro atoms. The molecular formula is C16H18BrNO2. The molecule has 0 heterocycles. The summed E-state index contributed by atoms with van der Waals surface area (Å²) in [4.78, 5) is 0. The van der Waals surface area contributed by atoms with E-state index in [1.807, 2.05) is 56.3 Å². The Morgan fingerprint density at radius 1 is 1.10 bits per heavy atom. The van der Waals surface area contributed by atoms with Gasteiger partial charge < -0.3 is 15.2 Å². The molecule has 0 saturated carbocycles. The van der Waals surface area contributed by atoms with Gasteiger partial charge in [0.15, 0.2) is 0 Å². The molecule has 0 aliphatic heterocycles. The largest absolute Gasteiger partial charge is 0.494 e. The summed E-state index contributed by atoms with van der Waals surface area (Å²) in [6.07, 6.45) is 0. The van der Waals surface area contributed by atoms with E-state index in [4.69, 9.17) is 15.2 Å². The third-order valence-electron chi connectivity index (χ3n) is 2.81. The minimum Gasteiger partial charge on any atom is -0.494 e. The Hall–Kier alpha value is -1.52. The number of ether oxygens (including phenoxy) is 2. The second-order valence-corrected chi connectivity index (χ2v) is 5.34. The Balaban J connectivity index is 2.17. The highest BCUT2D eigenvalue weighted by atomic mass is 79.9. The third kappa shape index (κ3) is 3.74. The number of benzene rings is 2. The molecule has 0 radical (unpaired) electrons. The molecule has 2 rings (SSSR count). The zero-order valence-electron chi connectivity index (χ0n) is 11.6. The number of hydrogen-bond acceptors (Lipinski definition) is 3. The van der Waals surface area contributed by atoms with Crippen LogP contribution in [0.4, 0.5) is 0 Å². The first-order chi connectivity index (χ1) is 9.60. The van der Waals surface area contributed by atoms with E-state index in [0.29, 0.717) is 6.61 Å². The molecule has 0 saturated heterocycles. The number of hydrogen-bond donors (Lipinski definition) is 1. The molecule has 0 bridgehead atoms. The van der Waals surface area contributed by atoms with E-state index in [9.17, 15) is 0 Å². The Morgan fingerprint density at radius 2 is 1.80 bits per heavy atom. The molecule has 0 aliphatic rings. The van der Waals surface area contributed by atoms with Gasteiger partial charge in [0.1, 0.15) is 17.2 Å². The van der Waals surface area contributed by atoms with Crippen molar-refractivity contribution in [1.29, 1.82) is 0 Å². The van der Waals surface area contributed by atoms with Gasteiger partial charge in [0.25, 0.3) is 0 Å². The van der Waals surface area contributed by atoms with Crippen LogP contribution in [0.5, 0.6) is 17.2 Å². The fourth-order valence-corrected chi connectivity index (χ4v) is 2.59. The van der Waals surface area contributed by atoms with E-state index < -0.39 is 0 Å². The maximum absolute atomic E-state index is 5.88. The van der Waals surface area contributed by atoms with E-state index in [1.165, 1.54) is 0 Å². The zero-order chi connectivity index (χ0) is 14.5. The van der Waals surface area contributed by atoms with Crippen molar-refractivity contribution >= 4 is 15.9 Å². The Labute approximate surface area is 127 Å². The normalized spacial score (nSPS) is 12.0. The van der Waals surface area contributed by atoms with Crippen LogP contribution in [-0.4, -0.2) is 6.61 Å². The second-order valence-electron chi connectivity index (χ2n) is 4.48. The van der Waals surface area contributed by atoms with Crippen molar-refractivity contribution in [2.45, 2.75) is 19.9 Å². The molecule has 0 unspecified atom stereocenters. The Morgan fingerprint density at radius 3 is 2.45 bits per heavy atom. The molecule has 20 heavy (non-hydrogen) atoms. The quantitative estimate of drug-likeness (QED) is 0.864. The minimum atomic E-state index is -0.0142. The monoisotopic (exact) mass is 335 g/mol. The predicted molar refractivity (Wildman–Crippen MR) is 84.4 cm³/mol. The highest BCUT2D eigenvalue weighted by Crippen LogP contribution is 2.30. The van der Waals surface area contributed by atoms with E-state index >= 15 is 0 Å². The molecule has 0 fully saturated rings. The molecule has 2 aromatic rings. The van der Waals surface area contributed by atoms with Crippen LogP contribution in [0.15, 0.2) is 46.9 Å². The van der Waals surface area contributed by atoms with Crippen molar-refractivity contribution in [3.63, 3.8) is 0 Å². The van der Waals surface area contributed by atoms with Crippen molar-refractivity contribution in [3.8, 4) is 17.2 Å². The second kappa shape index (κ2) is 6.77. The highest BCUT2D eigenvalue weighted by Gasteiger charge is 2.07. The summed E-state index contributed by atoms with van der Waals surface area (Å²) in [5.41, 5.74) is 6.94. The van der Waals surface area contributed by atoms with Gasteiger partial charge in [-0.05, 0) is 43.7 Å². The first-order valence-corrected chi connectivity index (χ1v) is 7.35. The summed E-state index contributed by atoms with van der Waals surface area (Å²) in [5.74, 6) is 2.31. The van der Waals surface area contributed by atoms with Crippen molar-refractivity contribution in [2.24, 2.45) is 5.73 Å². The smallest absolute Gasteiger partial charge is 0.131 e. The lowest BCUT2D eigenvalue weighted by atomic mass is 10.1. The first kappa shape index (κ1) is 14.9. The molecule has 4 heteroatoms. The van der Waals surface area contributed by atoms with Gasteiger partial charge in [0.05, 0.1) is 6.61 Å². The molecule has 2 N–H and O–H groups in total. The lowest BCUT2D eigenvalue weighted by Crippen LogP contribution is -2.05. The first-order valence-electron chi connectivity index (χ1n) is 6.56. The van der Waals surface area contributed by atoms with Crippen molar-refractivity contribution in [3.05, 3.63) is 52.5 Å². The lowest BCUT2D eigenvalue weighted by molar-refractivity contribution is 0.338. The minimum absolute atomic E-state index is 0.0142. The van der Waals surface area contributed by atoms with Crippen molar-refractivity contribution in [2.75, 3.05) is 6.61 Å². The summed E-state index contributed by atoms with van der Waals surface area (Å²) >= 11 is 3.52. The van der Waals surface area contributed by atoms with Gasteiger partial charge in [-0.25, -0.2) is 0 Å². The average Bonchev–Trinajstić information content (AvgIpc) is 2.39. The number of nitrogens with two attached hydrogens (primary N) is 1. The van der Waals surface area contributed by atoms with Gasteiger partial charge in [-0.2, -0.15) is 0 Å². The van der Waals surface area contributed by atoms with E-state index in [-0.39, 0.29) is 6.04 Å². The van der Waals surface area contributed by atoms with Gasteiger partial charge in [0, 0.05) is 16.6 Å². The van der Waals surface area contributed by atoms with E-state index in [0.717, 1.165) is 27.3 Å². The van der Waals surface area contributed by atoms with E-state index in [1.54, 1.807) is 0 Å². The molecule has 1 atom stereocenters. The summed E-state index contributed by atoms with van der Waals surface area (Å²) in [5, 5.41) is 0. The summed E-state index contributed by atoms with van der Waals surface area (Å²) in [7, 11) is 0. The predicted octanol–water partition coefficient (Wildman–Crippen LogP) is 4.66. The van der Waals surface area contributed by atoms with Crippen LogP contribution in [0.25, 0.3) is 0 Å². The fraction of sp³-hybridized carbons (Fsp3) is 0.250. The zero-order valence-corrected chi connectivity index (χ0v) is 13.2. The van der Waals surface area contributed by atoms with Gasteiger partial charge in [-0.15, -0.1) is 0 Å². The maximum atomic E-state index is 5.88.